The van der Waals surface area contributed by atoms with Crippen molar-refractivity contribution in [3.63, 3.8) is 0 Å². The zero-order valence-corrected chi connectivity index (χ0v) is 15.1. The molecule has 2 aromatic heterocycles. The Bertz CT molecular complexity index is 769. The number of rotatable bonds is 6. The second-order valence-electron chi connectivity index (χ2n) is 5.44. The molecule has 124 valence electrons. The van der Waals surface area contributed by atoms with Crippen LogP contribution in [0.5, 0.6) is 0 Å². The summed E-state index contributed by atoms with van der Waals surface area (Å²) in [5, 5.41) is 5.04. The maximum absolute atomic E-state index is 12.7. The lowest BCUT2D eigenvalue weighted by Gasteiger charge is -2.23. The fourth-order valence-electron chi connectivity index (χ4n) is 2.34. The maximum Gasteiger partial charge on any atom is 0.318 e. The van der Waals surface area contributed by atoms with Crippen molar-refractivity contribution in [1.29, 1.82) is 0 Å². The highest BCUT2D eigenvalue weighted by Gasteiger charge is 2.16. The van der Waals surface area contributed by atoms with Crippen LogP contribution in [0.2, 0.25) is 0 Å². The molecule has 3 rings (SSSR count). The summed E-state index contributed by atoms with van der Waals surface area (Å²) >= 11 is 3.24. The van der Waals surface area contributed by atoms with E-state index in [1.54, 1.807) is 22.7 Å². The van der Waals surface area contributed by atoms with Gasteiger partial charge in [0.05, 0.1) is 24.3 Å². The average Bonchev–Trinajstić information content (AvgIpc) is 3.25. The smallest absolute Gasteiger partial charge is 0.318 e. The highest BCUT2D eigenvalue weighted by molar-refractivity contribution is 7.10. The highest BCUT2D eigenvalue weighted by atomic mass is 32.1. The van der Waals surface area contributed by atoms with Crippen LogP contribution >= 0.6 is 22.7 Å². The molecule has 0 aliphatic rings. The molecule has 3 aromatic rings. The summed E-state index contributed by atoms with van der Waals surface area (Å²) in [6.07, 6.45) is 0. The van der Waals surface area contributed by atoms with Gasteiger partial charge < -0.3 is 10.2 Å². The predicted molar refractivity (Wildman–Crippen MR) is 99.1 cm³/mol. The summed E-state index contributed by atoms with van der Waals surface area (Å²) in [5.74, 6) is 0. The first kappa shape index (κ1) is 16.7. The number of thiophene rings is 1. The maximum atomic E-state index is 12.7. The number of aromatic nitrogens is 1. The molecule has 0 radical (unpaired) electrons. The number of nitrogens with one attached hydrogen (secondary N) is 1. The van der Waals surface area contributed by atoms with E-state index >= 15 is 0 Å². The molecule has 2 heterocycles. The average molecular weight is 358 g/mol. The van der Waals surface area contributed by atoms with E-state index in [9.17, 15) is 4.79 Å². The number of carbonyl (C=O) groups is 1. The minimum Gasteiger partial charge on any atom is -0.333 e. The summed E-state index contributed by atoms with van der Waals surface area (Å²) in [5.41, 5.74) is 3.93. The van der Waals surface area contributed by atoms with Gasteiger partial charge in [-0.15, -0.1) is 22.7 Å². The minimum atomic E-state index is -0.0555. The molecule has 0 saturated heterocycles. The van der Waals surface area contributed by atoms with Crippen LogP contribution in [0.4, 0.5) is 4.79 Å². The summed E-state index contributed by atoms with van der Waals surface area (Å²) < 4.78 is 0. The third-order valence-corrected chi connectivity index (χ3v) is 5.47. The number of hydrogen-bond donors (Lipinski definition) is 1. The molecule has 0 atom stereocenters. The third kappa shape index (κ3) is 4.43. The Morgan fingerprint density at radius 2 is 1.96 bits per heavy atom. The topological polar surface area (TPSA) is 45.2 Å². The van der Waals surface area contributed by atoms with E-state index in [2.05, 4.69) is 10.3 Å². The molecule has 0 fully saturated rings. The number of hydrogen-bond acceptors (Lipinski definition) is 4. The van der Waals surface area contributed by atoms with Gasteiger partial charge >= 0.3 is 6.03 Å². The highest BCUT2D eigenvalue weighted by Crippen LogP contribution is 2.17. The largest absolute Gasteiger partial charge is 0.333 e. The van der Waals surface area contributed by atoms with E-state index in [-0.39, 0.29) is 6.03 Å². The standard InChI is InChI=1S/C18H19N3OS2/c1-14-17(24-13-20-14)12-21(11-15-6-3-2-4-7-15)18(22)19-10-16-8-5-9-23-16/h2-9,13H,10-12H2,1H3,(H,19,22). The fourth-order valence-corrected chi connectivity index (χ4v) is 3.78. The second kappa shape index (κ2) is 8.08. The van der Waals surface area contributed by atoms with Crippen molar-refractivity contribution in [2.24, 2.45) is 0 Å². The lowest BCUT2D eigenvalue weighted by Crippen LogP contribution is -2.38. The number of thiazole rings is 1. The molecule has 0 spiro atoms. The van der Waals surface area contributed by atoms with Gasteiger partial charge in [-0.05, 0) is 23.9 Å². The molecule has 4 nitrogen and oxygen atoms in total. The van der Waals surface area contributed by atoms with Crippen LogP contribution in [0.1, 0.15) is 21.0 Å². The molecule has 24 heavy (non-hydrogen) atoms. The van der Waals surface area contributed by atoms with Gasteiger partial charge in [-0.25, -0.2) is 9.78 Å². The summed E-state index contributed by atoms with van der Waals surface area (Å²) in [7, 11) is 0. The third-order valence-electron chi connectivity index (χ3n) is 3.68. The lowest BCUT2D eigenvalue weighted by molar-refractivity contribution is 0.192. The van der Waals surface area contributed by atoms with Crippen molar-refractivity contribution in [1.82, 2.24) is 15.2 Å². The van der Waals surface area contributed by atoms with Crippen molar-refractivity contribution >= 4 is 28.7 Å². The van der Waals surface area contributed by atoms with Crippen molar-refractivity contribution in [3.8, 4) is 0 Å². The summed E-state index contributed by atoms with van der Waals surface area (Å²) in [4.78, 5) is 21.1. The molecule has 0 aliphatic heterocycles. The Labute approximate surface area is 149 Å². The number of carbonyl (C=O) groups excluding carboxylic acids is 1. The fraction of sp³-hybridized carbons (Fsp3) is 0.222. The molecule has 6 heteroatoms. The van der Waals surface area contributed by atoms with Gasteiger partial charge in [-0.1, -0.05) is 36.4 Å². The van der Waals surface area contributed by atoms with Crippen LogP contribution in [-0.4, -0.2) is 15.9 Å². The van der Waals surface area contributed by atoms with Crippen molar-refractivity contribution in [2.75, 3.05) is 0 Å². The zero-order valence-electron chi connectivity index (χ0n) is 13.4. The first-order valence-electron chi connectivity index (χ1n) is 7.70. The summed E-state index contributed by atoms with van der Waals surface area (Å²) in [6, 6.07) is 14.0. The zero-order chi connectivity index (χ0) is 16.8. The monoisotopic (exact) mass is 357 g/mol. The van der Waals surface area contributed by atoms with Gasteiger partial charge in [0, 0.05) is 16.3 Å². The van der Waals surface area contributed by atoms with Crippen LogP contribution in [0.3, 0.4) is 0 Å². The van der Waals surface area contributed by atoms with Gasteiger partial charge in [-0.3, -0.25) is 0 Å². The number of benzene rings is 1. The molecule has 1 N–H and O–H groups in total. The molecule has 0 unspecified atom stereocenters. The van der Waals surface area contributed by atoms with Crippen molar-refractivity contribution in [2.45, 2.75) is 26.6 Å². The first-order chi connectivity index (χ1) is 11.7. The molecule has 1 aromatic carbocycles. The van der Waals surface area contributed by atoms with Gasteiger partial charge in [0.15, 0.2) is 0 Å². The van der Waals surface area contributed by atoms with Crippen LogP contribution in [0.25, 0.3) is 0 Å². The number of aryl methyl sites for hydroxylation is 1. The van der Waals surface area contributed by atoms with E-state index in [0.717, 1.165) is 21.0 Å². The second-order valence-corrected chi connectivity index (χ2v) is 7.41. The Kier molecular flexibility index (Phi) is 5.61. The van der Waals surface area contributed by atoms with Crippen LogP contribution in [-0.2, 0) is 19.6 Å². The van der Waals surface area contributed by atoms with E-state index in [1.807, 2.05) is 65.2 Å². The van der Waals surface area contributed by atoms with Crippen LogP contribution in [0.15, 0.2) is 53.4 Å². The van der Waals surface area contributed by atoms with E-state index < -0.39 is 0 Å². The van der Waals surface area contributed by atoms with Gasteiger partial charge in [0.2, 0.25) is 0 Å². The number of urea groups is 1. The molecular formula is C18H19N3OS2. The van der Waals surface area contributed by atoms with E-state index in [1.165, 1.54) is 0 Å². The Morgan fingerprint density at radius 3 is 2.62 bits per heavy atom. The predicted octanol–water partition coefficient (Wildman–Crippen LogP) is 4.43. The van der Waals surface area contributed by atoms with E-state index in [0.29, 0.717) is 19.6 Å². The molecule has 2 amide bonds. The summed E-state index contributed by atoms with van der Waals surface area (Å²) in [6.45, 7) is 3.69. The SMILES string of the molecule is Cc1ncsc1CN(Cc1ccccc1)C(=O)NCc1cccs1. The Morgan fingerprint density at radius 1 is 1.12 bits per heavy atom. The van der Waals surface area contributed by atoms with Crippen molar-refractivity contribution < 1.29 is 4.79 Å². The van der Waals surface area contributed by atoms with Crippen LogP contribution in [0, 0.1) is 6.92 Å². The molecule has 0 saturated carbocycles. The van der Waals surface area contributed by atoms with Crippen LogP contribution < -0.4 is 5.32 Å². The lowest BCUT2D eigenvalue weighted by atomic mass is 10.2. The van der Waals surface area contributed by atoms with E-state index in [4.69, 9.17) is 0 Å². The Balaban J connectivity index is 1.70. The van der Waals surface area contributed by atoms with Crippen molar-refractivity contribution in [3.05, 3.63) is 74.4 Å². The number of nitrogens with zero attached hydrogens (tertiary/aromatic N) is 2. The van der Waals surface area contributed by atoms with Gasteiger partial charge in [0.1, 0.15) is 0 Å². The molecular weight excluding hydrogens is 338 g/mol. The van der Waals surface area contributed by atoms with Gasteiger partial charge in [-0.2, -0.15) is 0 Å². The number of amides is 2. The Hall–Kier alpha value is -2.18. The molecule has 0 bridgehead atoms. The quantitative estimate of drug-likeness (QED) is 0.709. The minimum absolute atomic E-state index is 0.0555. The first-order valence-corrected chi connectivity index (χ1v) is 9.46. The molecule has 0 aliphatic carbocycles. The normalized spacial score (nSPS) is 10.5. The van der Waals surface area contributed by atoms with Gasteiger partial charge in [0.25, 0.3) is 0 Å².